The van der Waals surface area contributed by atoms with Gasteiger partial charge in [0.1, 0.15) is 18.0 Å². The lowest BCUT2D eigenvalue weighted by Gasteiger charge is -2.25. The van der Waals surface area contributed by atoms with E-state index in [0.29, 0.717) is 21.8 Å². The fourth-order valence-corrected chi connectivity index (χ4v) is 6.10. The predicted octanol–water partition coefficient (Wildman–Crippen LogP) is 8.07. The summed E-state index contributed by atoms with van der Waals surface area (Å²) >= 11 is 6.57. The van der Waals surface area contributed by atoms with Crippen molar-refractivity contribution in [2.45, 2.75) is 51.1 Å². The fraction of sp³-hybridized carbons (Fsp3) is 0.200. The van der Waals surface area contributed by atoms with Crippen molar-refractivity contribution < 1.29 is 18.7 Å². The second kappa shape index (κ2) is 14.1. The minimum atomic E-state index is -1.15. The summed E-state index contributed by atoms with van der Waals surface area (Å²) in [6.45, 7) is 4.06. The molecule has 2 amide bonds. The third-order valence-electron chi connectivity index (χ3n) is 8.54. The minimum Gasteiger partial charge on any atom is -0.355 e. The molecule has 5 aromatic rings. The van der Waals surface area contributed by atoms with E-state index in [1.807, 2.05) is 98.8 Å². The number of fused-ring (bicyclic) bond motifs is 1. The smallest absolute Gasteiger partial charge is 0.257 e. The van der Waals surface area contributed by atoms with E-state index in [-0.39, 0.29) is 25.4 Å². The van der Waals surface area contributed by atoms with Crippen molar-refractivity contribution in [3.05, 3.63) is 160 Å². The number of carbonyl (C=O) groups excluding carboxylic acids is 2. The van der Waals surface area contributed by atoms with Gasteiger partial charge in [0.15, 0.2) is 0 Å². The van der Waals surface area contributed by atoms with Gasteiger partial charge < -0.3 is 20.7 Å². The van der Waals surface area contributed by atoms with Gasteiger partial charge in [0.25, 0.3) is 5.91 Å². The zero-order valence-electron chi connectivity index (χ0n) is 26.8. The molecule has 1 aliphatic rings. The minimum absolute atomic E-state index is 0.0171. The van der Waals surface area contributed by atoms with E-state index in [1.54, 1.807) is 35.2 Å². The van der Waals surface area contributed by atoms with Crippen LogP contribution in [-0.2, 0) is 33.0 Å². The van der Waals surface area contributed by atoms with E-state index in [9.17, 15) is 14.0 Å². The molecule has 8 heteroatoms. The summed E-state index contributed by atoms with van der Waals surface area (Å²) in [4.78, 5) is 29.4. The van der Waals surface area contributed by atoms with Crippen molar-refractivity contribution in [2.24, 2.45) is 5.73 Å². The quantitative estimate of drug-likeness (QED) is 0.167. The summed E-state index contributed by atoms with van der Waals surface area (Å²) in [5.41, 5.74) is 12.2. The molecule has 1 heterocycles. The van der Waals surface area contributed by atoms with Gasteiger partial charge in [-0.25, -0.2) is 4.39 Å². The maximum absolute atomic E-state index is 14.5. The Morgan fingerprint density at radius 2 is 1.60 bits per heavy atom. The molecule has 3 N–H and O–H groups in total. The van der Waals surface area contributed by atoms with E-state index in [0.717, 1.165) is 27.8 Å². The van der Waals surface area contributed by atoms with Crippen LogP contribution in [0.3, 0.4) is 0 Å². The zero-order valence-corrected chi connectivity index (χ0v) is 27.6. The van der Waals surface area contributed by atoms with Gasteiger partial charge in [-0.1, -0.05) is 109 Å². The van der Waals surface area contributed by atoms with Crippen molar-refractivity contribution >= 4 is 29.1 Å². The molecule has 1 aliphatic heterocycles. The third kappa shape index (κ3) is 7.50. The number of nitrogens with zero attached hydrogens (tertiary/aromatic N) is 1. The van der Waals surface area contributed by atoms with Crippen molar-refractivity contribution in [1.82, 2.24) is 5.32 Å². The zero-order chi connectivity index (χ0) is 33.8. The Balaban J connectivity index is 1.37. The highest BCUT2D eigenvalue weighted by Crippen LogP contribution is 2.41. The summed E-state index contributed by atoms with van der Waals surface area (Å²) in [5, 5.41) is 3.25. The Morgan fingerprint density at radius 3 is 2.33 bits per heavy atom. The number of rotatable bonds is 9. The normalized spacial score (nSPS) is 16.3. The first-order valence-corrected chi connectivity index (χ1v) is 16.2. The van der Waals surface area contributed by atoms with E-state index >= 15 is 0 Å². The first-order chi connectivity index (χ1) is 23.1. The number of nitrogens with two attached hydrogens (primary N) is 1. The molecule has 0 aliphatic carbocycles. The number of benzene rings is 5. The second-order valence-electron chi connectivity index (χ2n) is 12.6. The predicted molar refractivity (Wildman–Crippen MR) is 188 cm³/mol. The summed E-state index contributed by atoms with van der Waals surface area (Å²) in [6, 6.07) is 37.5. The molecule has 6 rings (SSSR count). The van der Waals surface area contributed by atoms with Crippen molar-refractivity contribution in [3.63, 3.8) is 0 Å². The average molecular weight is 662 g/mol. The van der Waals surface area contributed by atoms with Crippen molar-refractivity contribution in [1.29, 1.82) is 0 Å². The highest BCUT2D eigenvalue weighted by Gasteiger charge is 2.38. The summed E-state index contributed by atoms with van der Waals surface area (Å²) in [5.74, 6) is -1.23. The molecule has 0 spiro atoms. The van der Waals surface area contributed by atoms with Crippen LogP contribution in [0.25, 0.3) is 11.1 Å². The number of ether oxygens (including phenoxy) is 1. The Bertz CT molecular complexity index is 1930. The molecule has 0 saturated heterocycles. The van der Waals surface area contributed by atoms with E-state index in [2.05, 4.69) is 5.32 Å². The molecule has 0 saturated carbocycles. The Kier molecular flexibility index (Phi) is 9.73. The molecule has 2 atom stereocenters. The van der Waals surface area contributed by atoms with Gasteiger partial charge in [-0.15, -0.1) is 0 Å². The second-order valence-corrected chi connectivity index (χ2v) is 13.1. The van der Waals surface area contributed by atoms with Gasteiger partial charge in [-0.05, 0) is 65.9 Å². The highest BCUT2D eigenvalue weighted by molar-refractivity contribution is 6.30. The van der Waals surface area contributed by atoms with Gasteiger partial charge in [0, 0.05) is 28.2 Å². The van der Waals surface area contributed by atoms with E-state index in [1.165, 1.54) is 6.07 Å². The van der Waals surface area contributed by atoms with Crippen LogP contribution in [-0.4, -0.2) is 17.9 Å². The molecule has 6 nitrogen and oxygen atoms in total. The summed E-state index contributed by atoms with van der Waals surface area (Å²) < 4.78 is 20.9. The first-order valence-electron chi connectivity index (χ1n) is 15.9. The van der Waals surface area contributed by atoms with Gasteiger partial charge in [-0.3, -0.25) is 9.59 Å². The number of hydrogen-bond donors (Lipinski definition) is 2. The summed E-state index contributed by atoms with van der Waals surface area (Å²) in [6.07, 6.45) is -2.16. The Labute approximate surface area is 285 Å². The van der Waals surface area contributed by atoms with Crippen LogP contribution in [0.1, 0.15) is 54.2 Å². The monoisotopic (exact) mass is 661 g/mol. The van der Waals surface area contributed by atoms with Crippen LogP contribution in [0.15, 0.2) is 121 Å². The topological polar surface area (TPSA) is 84.7 Å². The summed E-state index contributed by atoms with van der Waals surface area (Å²) in [7, 11) is 0. The van der Waals surface area contributed by atoms with Crippen LogP contribution >= 0.6 is 11.6 Å². The highest BCUT2D eigenvalue weighted by atomic mass is 35.5. The van der Waals surface area contributed by atoms with Crippen molar-refractivity contribution in [2.75, 3.05) is 4.90 Å². The number of halogens is 2. The number of carbonyl (C=O) groups is 2. The molecule has 0 radical (unpaired) electrons. The maximum atomic E-state index is 14.5. The molecular weight excluding hydrogens is 625 g/mol. The van der Waals surface area contributed by atoms with Crippen LogP contribution < -0.4 is 16.0 Å². The number of amides is 2. The fourth-order valence-electron chi connectivity index (χ4n) is 5.92. The van der Waals surface area contributed by atoms with Gasteiger partial charge in [-0.2, -0.15) is 0 Å². The lowest BCUT2D eigenvalue weighted by Crippen LogP contribution is -2.41. The standard InChI is InChI=1S/C40H37ClFN3O3/c1-40(2,43)31-13-8-12-29(21-31)38-33-22-32(41)19-20-35(33)45(25-26-15-17-28(18-16-26)27-9-4-3-5-10-27)39(47)36(48-38)23-37(46)44-24-30-11-6-7-14-34(30)42/h3-22,36,38H,23-25,43H2,1-2H3,(H,44,46)/t36-,38-/m0/s1. The van der Waals surface area contributed by atoms with Gasteiger partial charge >= 0.3 is 0 Å². The number of hydrogen-bond acceptors (Lipinski definition) is 4. The van der Waals surface area contributed by atoms with Gasteiger partial charge in [0.2, 0.25) is 5.91 Å². The van der Waals surface area contributed by atoms with Crippen LogP contribution in [0.4, 0.5) is 10.1 Å². The van der Waals surface area contributed by atoms with Crippen LogP contribution in [0.5, 0.6) is 0 Å². The molecule has 48 heavy (non-hydrogen) atoms. The molecule has 0 bridgehead atoms. The molecule has 0 aromatic heterocycles. The van der Waals surface area contributed by atoms with Crippen molar-refractivity contribution in [3.8, 4) is 11.1 Å². The maximum Gasteiger partial charge on any atom is 0.257 e. The number of anilines is 1. The molecule has 0 unspecified atom stereocenters. The van der Waals surface area contributed by atoms with E-state index in [4.69, 9.17) is 22.1 Å². The SMILES string of the molecule is CC(C)(N)c1cccc([C@@H]2O[C@@H](CC(=O)NCc3ccccc3F)C(=O)N(Cc3ccc(-c4ccccc4)cc3)c3ccc(Cl)cc32)c1. The molecule has 5 aromatic carbocycles. The van der Waals surface area contributed by atoms with E-state index < -0.39 is 29.5 Å². The first kappa shape index (κ1) is 33.1. The lowest BCUT2D eigenvalue weighted by molar-refractivity contribution is -0.138. The Morgan fingerprint density at radius 1 is 0.896 bits per heavy atom. The molecule has 0 fully saturated rings. The van der Waals surface area contributed by atoms with Crippen LogP contribution in [0.2, 0.25) is 5.02 Å². The third-order valence-corrected chi connectivity index (χ3v) is 8.78. The van der Waals surface area contributed by atoms with Gasteiger partial charge in [0.05, 0.1) is 18.7 Å². The lowest BCUT2D eigenvalue weighted by atomic mass is 9.91. The largest absolute Gasteiger partial charge is 0.355 e. The Hall–Kier alpha value is -4.82. The molecule has 244 valence electrons. The average Bonchev–Trinajstić information content (AvgIpc) is 3.19. The number of nitrogens with one attached hydrogen (secondary N) is 1. The molecular formula is C40H37ClFN3O3. The van der Waals surface area contributed by atoms with Crippen LogP contribution in [0, 0.1) is 5.82 Å².